The van der Waals surface area contributed by atoms with E-state index in [1.165, 1.54) is 0 Å². The van der Waals surface area contributed by atoms with Gasteiger partial charge < -0.3 is 10.1 Å². The van der Waals surface area contributed by atoms with Gasteiger partial charge in [-0.05, 0) is 32.3 Å². The summed E-state index contributed by atoms with van der Waals surface area (Å²) in [6.45, 7) is 6.20. The highest BCUT2D eigenvalue weighted by atomic mass is 16.6. The van der Waals surface area contributed by atoms with Crippen LogP contribution in [0.3, 0.4) is 0 Å². The van der Waals surface area contributed by atoms with Crippen molar-refractivity contribution in [1.82, 2.24) is 5.32 Å². The van der Waals surface area contributed by atoms with E-state index in [2.05, 4.69) is 12.2 Å². The standard InChI is InChI=1S/C14H20N2O3/c1-11-12(4-3-5-13(11)16(17)18)10-15-14(2)6-8-19-9-7-14/h3-5,15H,6-10H2,1-2H3. The minimum atomic E-state index is -0.324. The fourth-order valence-corrected chi connectivity index (χ4v) is 2.37. The summed E-state index contributed by atoms with van der Waals surface area (Å²) in [7, 11) is 0. The second-order valence-electron chi connectivity index (χ2n) is 5.34. The van der Waals surface area contributed by atoms with E-state index in [1.54, 1.807) is 12.1 Å². The number of benzene rings is 1. The average Bonchev–Trinajstić information content (AvgIpc) is 2.38. The van der Waals surface area contributed by atoms with Crippen molar-refractivity contribution in [3.63, 3.8) is 0 Å². The van der Waals surface area contributed by atoms with Gasteiger partial charge >= 0.3 is 0 Å². The Morgan fingerprint density at radius 3 is 2.74 bits per heavy atom. The molecule has 0 saturated carbocycles. The minimum absolute atomic E-state index is 0.0648. The summed E-state index contributed by atoms with van der Waals surface area (Å²) in [4.78, 5) is 10.6. The topological polar surface area (TPSA) is 64.4 Å². The highest BCUT2D eigenvalue weighted by molar-refractivity contribution is 5.44. The van der Waals surface area contributed by atoms with Crippen LogP contribution in [0, 0.1) is 17.0 Å². The Morgan fingerprint density at radius 2 is 2.11 bits per heavy atom. The molecule has 0 unspecified atom stereocenters. The number of hydrogen-bond acceptors (Lipinski definition) is 4. The van der Waals surface area contributed by atoms with Crippen LogP contribution in [-0.4, -0.2) is 23.7 Å². The Hall–Kier alpha value is -1.46. The lowest BCUT2D eigenvalue weighted by Gasteiger charge is -2.34. The summed E-state index contributed by atoms with van der Waals surface area (Å²) >= 11 is 0. The van der Waals surface area contributed by atoms with Crippen molar-refractivity contribution in [2.24, 2.45) is 0 Å². The Kier molecular flexibility index (Phi) is 4.17. The van der Waals surface area contributed by atoms with Crippen LogP contribution in [0.25, 0.3) is 0 Å². The van der Waals surface area contributed by atoms with Gasteiger partial charge in [-0.15, -0.1) is 0 Å². The van der Waals surface area contributed by atoms with Crippen molar-refractivity contribution in [3.05, 3.63) is 39.4 Å². The monoisotopic (exact) mass is 264 g/mol. The molecule has 1 aliphatic rings. The van der Waals surface area contributed by atoms with Crippen molar-refractivity contribution >= 4 is 5.69 Å². The van der Waals surface area contributed by atoms with Gasteiger partial charge in [0, 0.05) is 36.9 Å². The van der Waals surface area contributed by atoms with Crippen molar-refractivity contribution in [2.75, 3.05) is 13.2 Å². The van der Waals surface area contributed by atoms with E-state index in [-0.39, 0.29) is 16.1 Å². The fraction of sp³-hybridized carbons (Fsp3) is 0.571. The molecule has 5 nitrogen and oxygen atoms in total. The Labute approximate surface area is 113 Å². The lowest BCUT2D eigenvalue weighted by atomic mass is 9.92. The van der Waals surface area contributed by atoms with Gasteiger partial charge in [0.15, 0.2) is 0 Å². The predicted octanol–water partition coefficient (Wildman–Crippen LogP) is 2.56. The normalized spacial score (nSPS) is 18.2. The molecule has 19 heavy (non-hydrogen) atoms. The Bertz CT molecular complexity index is 468. The molecule has 0 aliphatic carbocycles. The molecule has 1 fully saturated rings. The van der Waals surface area contributed by atoms with Crippen LogP contribution in [-0.2, 0) is 11.3 Å². The van der Waals surface area contributed by atoms with E-state index >= 15 is 0 Å². The summed E-state index contributed by atoms with van der Waals surface area (Å²) in [6, 6.07) is 5.24. The van der Waals surface area contributed by atoms with E-state index in [0.29, 0.717) is 6.54 Å². The van der Waals surface area contributed by atoms with Crippen LogP contribution in [0.1, 0.15) is 30.9 Å². The fourth-order valence-electron chi connectivity index (χ4n) is 2.37. The van der Waals surface area contributed by atoms with E-state index in [1.807, 2.05) is 13.0 Å². The molecule has 1 N–H and O–H groups in total. The average molecular weight is 264 g/mol. The molecule has 104 valence electrons. The molecule has 1 aromatic carbocycles. The SMILES string of the molecule is Cc1c(CNC2(C)CCOCC2)cccc1[N+](=O)[O-]. The van der Waals surface area contributed by atoms with Crippen LogP contribution in [0.2, 0.25) is 0 Å². The van der Waals surface area contributed by atoms with Crippen molar-refractivity contribution in [2.45, 2.75) is 38.8 Å². The number of rotatable bonds is 4. The van der Waals surface area contributed by atoms with Gasteiger partial charge in [-0.3, -0.25) is 10.1 Å². The van der Waals surface area contributed by atoms with Crippen LogP contribution >= 0.6 is 0 Å². The number of nitro groups is 1. The molecule has 1 heterocycles. The van der Waals surface area contributed by atoms with Crippen LogP contribution in [0.5, 0.6) is 0 Å². The second kappa shape index (κ2) is 5.67. The molecule has 0 aromatic heterocycles. The molecule has 1 saturated heterocycles. The third-order valence-electron chi connectivity index (χ3n) is 3.92. The lowest BCUT2D eigenvalue weighted by molar-refractivity contribution is -0.385. The van der Waals surface area contributed by atoms with Gasteiger partial charge in [0.05, 0.1) is 4.92 Å². The Morgan fingerprint density at radius 1 is 1.42 bits per heavy atom. The smallest absolute Gasteiger partial charge is 0.272 e. The Balaban J connectivity index is 2.07. The summed E-state index contributed by atoms with van der Waals surface area (Å²) in [5.41, 5.74) is 1.99. The van der Waals surface area contributed by atoms with Gasteiger partial charge in [0.25, 0.3) is 5.69 Å². The van der Waals surface area contributed by atoms with Crippen molar-refractivity contribution in [3.8, 4) is 0 Å². The first-order valence-corrected chi connectivity index (χ1v) is 6.57. The molecule has 0 amide bonds. The van der Waals surface area contributed by atoms with Crippen LogP contribution in [0.15, 0.2) is 18.2 Å². The highest BCUT2D eigenvalue weighted by Crippen LogP contribution is 2.24. The molecule has 2 rings (SSSR count). The van der Waals surface area contributed by atoms with Gasteiger partial charge in [-0.25, -0.2) is 0 Å². The lowest BCUT2D eigenvalue weighted by Crippen LogP contribution is -2.46. The summed E-state index contributed by atoms with van der Waals surface area (Å²) in [5, 5.41) is 14.4. The number of nitrogens with zero attached hydrogens (tertiary/aromatic N) is 1. The highest BCUT2D eigenvalue weighted by Gasteiger charge is 2.26. The molecule has 1 aromatic rings. The third-order valence-corrected chi connectivity index (χ3v) is 3.92. The zero-order valence-electron chi connectivity index (χ0n) is 11.4. The van der Waals surface area contributed by atoms with Gasteiger partial charge in [0.1, 0.15) is 0 Å². The van der Waals surface area contributed by atoms with E-state index in [4.69, 9.17) is 4.74 Å². The van der Waals surface area contributed by atoms with E-state index < -0.39 is 0 Å². The van der Waals surface area contributed by atoms with Crippen molar-refractivity contribution in [1.29, 1.82) is 0 Å². The number of hydrogen-bond donors (Lipinski definition) is 1. The molecule has 0 radical (unpaired) electrons. The maximum absolute atomic E-state index is 10.9. The number of ether oxygens (including phenoxy) is 1. The molecule has 0 spiro atoms. The quantitative estimate of drug-likeness (QED) is 0.670. The first-order valence-electron chi connectivity index (χ1n) is 6.57. The zero-order valence-corrected chi connectivity index (χ0v) is 11.4. The zero-order chi connectivity index (χ0) is 13.9. The summed E-state index contributed by atoms with van der Waals surface area (Å²) < 4.78 is 5.36. The maximum atomic E-state index is 10.9. The number of nitrogens with one attached hydrogen (secondary N) is 1. The first-order chi connectivity index (χ1) is 9.02. The van der Waals surface area contributed by atoms with E-state index in [0.717, 1.165) is 37.2 Å². The minimum Gasteiger partial charge on any atom is -0.381 e. The molecular weight excluding hydrogens is 244 g/mol. The molecular formula is C14H20N2O3. The van der Waals surface area contributed by atoms with Gasteiger partial charge in [-0.2, -0.15) is 0 Å². The van der Waals surface area contributed by atoms with Crippen LogP contribution < -0.4 is 5.32 Å². The van der Waals surface area contributed by atoms with E-state index in [9.17, 15) is 10.1 Å². The molecule has 0 atom stereocenters. The van der Waals surface area contributed by atoms with Crippen LogP contribution in [0.4, 0.5) is 5.69 Å². The first kappa shape index (κ1) is 14.0. The largest absolute Gasteiger partial charge is 0.381 e. The van der Waals surface area contributed by atoms with Crippen molar-refractivity contribution < 1.29 is 9.66 Å². The third kappa shape index (κ3) is 3.30. The summed E-state index contributed by atoms with van der Waals surface area (Å²) in [6.07, 6.45) is 1.95. The molecule has 0 bridgehead atoms. The number of nitro benzene ring substituents is 1. The maximum Gasteiger partial charge on any atom is 0.272 e. The van der Waals surface area contributed by atoms with Gasteiger partial charge in [-0.1, -0.05) is 12.1 Å². The molecule has 5 heteroatoms. The second-order valence-corrected chi connectivity index (χ2v) is 5.34. The predicted molar refractivity (Wildman–Crippen MR) is 73.1 cm³/mol. The van der Waals surface area contributed by atoms with Gasteiger partial charge in [0.2, 0.25) is 0 Å². The molecule has 1 aliphatic heterocycles. The summed E-state index contributed by atoms with van der Waals surface area (Å²) in [5.74, 6) is 0.